The van der Waals surface area contributed by atoms with Crippen LogP contribution >= 0.6 is 0 Å². The smallest absolute Gasteiger partial charge is 0.339 e. The molecule has 0 unspecified atom stereocenters. The van der Waals surface area contributed by atoms with E-state index in [1.54, 1.807) is 12.5 Å². The summed E-state index contributed by atoms with van der Waals surface area (Å²) in [6, 6.07) is 3.91. The molecule has 1 N–H and O–H groups in total. The molecule has 0 saturated heterocycles. The van der Waals surface area contributed by atoms with Gasteiger partial charge in [-0.3, -0.25) is 0 Å². The number of hydrogen-bond donors (Lipinski definition) is 1. The number of benzene rings is 1. The summed E-state index contributed by atoms with van der Waals surface area (Å²) in [7, 11) is 1.29. The molecule has 0 bridgehead atoms. The highest BCUT2D eigenvalue weighted by Gasteiger charge is 2.13. The molecule has 0 amide bonds. The van der Waals surface area contributed by atoms with Crippen LogP contribution in [-0.2, 0) is 17.8 Å². The maximum atomic E-state index is 13.3. The molecule has 0 fully saturated rings. The number of anilines is 1. The van der Waals surface area contributed by atoms with Gasteiger partial charge in [0.05, 0.1) is 36.9 Å². The van der Waals surface area contributed by atoms with Crippen molar-refractivity contribution in [1.29, 1.82) is 0 Å². The van der Waals surface area contributed by atoms with E-state index in [9.17, 15) is 9.18 Å². The van der Waals surface area contributed by atoms with Gasteiger partial charge in [0.1, 0.15) is 5.82 Å². The molecule has 1 heterocycles. The second kappa shape index (κ2) is 6.18. The van der Waals surface area contributed by atoms with E-state index >= 15 is 0 Å². The van der Waals surface area contributed by atoms with E-state index in [0.29, 0.717) is 17.8 Å². The number of methoxy groups -OCH3 is 1. The molecule has 20 heavy (non-hydrogen) atoms. The van der Waals surface area contributed by atoms with Crippen LogP contribution < -0.4 is 5.32 Å². The molecule has 0 aliphatic carbocycles. The number of aryl methyl sites for hydroxylation is 1. The zero-order chi connectivity index (χ0) is 14.5. The molecule has 0 atom stereocenters. The fourth-order valence-electron chi connectivity index (χ4n) is 1.92. The predicted octanol–water partition coefficient (Wildman–Crippen LogP) is 2.44. The molecular formula is C14H16FN3O2. The van der Waals surface area contributed by atoms with Gasteiger partial charge in [-0.25, -0.2) is 14.2 Å². The van der Waals surface area contributed by atoms with Crippen molar-refractivity contribution in [3.8, 4) is 0 Å². The molecule has 1 aromatic carbocycles. The lowest BCUT2D eigenvalue weighted by molar-refractivity contribution is 0.0602. The Balaban J connectivity index is 2.20. The number of nitrogens with one attached hydrogen (secondary N) is 1. The highest BCUT2D eigenvalue weighted by atomic mass is 19.1. The van der Waals surface area contributed by atoms with Crippen LogP contribution in [0.2, 0.25) is 0 Å². The molecule has 5 nitrogen and oxygen atoms in total. The summed E-state index contributed by atoms with van der Waals surface area (Å²) < 4.78 is 20.0. The number of aromatic nitrogens is 2. The molecule has 0 spiro atoms. The van der Waals surface area contributed by atoms with Crippen molar-refractivity contribution >= 4 is 11.7 Å². The Bertz CT molecular complexity index is 610. The van der Waals surface area contributed by atoms with Gasteiger partial charge < -0.3 is 14.6 Å². The van der Waals surface area contributed by atoms with Crippen LogP contribution in [0.15, 0.2) is 30.7 Å². The lowest BCUT2D eigenvalue weighted by atomic mass is 10.1. The van der Waals surface area contributed by atoms with Gasteiger partial charge in [0.25, 0.3) is 0 Å². The second-order valence-corrected chi connectivity index (χ2v) is 4.21. The van der Waals surface area contributed by atoms with Gasteiger partial charge in [0.15, 0.2) is 0 Å². The highest BCUT2D eigenvalue weighted by Crippen LogP contribution is 2.19. The lowest BCUT2D eigenvalue weighted by Gasteiger charge is -2.12. The molecule has 0 radical (unpaired) electrons. The fraction of sp³-hybridized carbons (Fsp3) is 0.286. The number of halogens is 1. The molecule has 0 aliphatic heterocycles. The lowest BCUT2D eigenvalue weighted by Crippen LogP contribution is -2.10. The number of imidazole rings is 1. The first-order chi connectivity index (χ1) is 9.65. The Kier molecular flexibility index (Phi) is 4.34. The standard InChI is InChI=1S/C14H16FN3O2/c1-3-18-9-16-7-11(18)8-17-13-6-10(15)4-5-12(13)14(19)20-2/h4-7,9,17H,3,8H2,1-2H3. The summed E-state index contributed by atoms with van der Waals surface area (Å²) in [4.78, 5) is 15.7. The third-order valence-electron chi connectivity index (χ3n) is 2.99. The average Bonchev–Trinajstić information content (AvgIpc) is 2.91. The number of carbonyl (C=O) groups excluding carboxylic acids is 1. The first-order valence-electron chi connectivity index (χ1n) is 6.26. The van der Waals surface area contributed by atoms with Gasteiger partial charge >= 0.3 is 5.97 Å². The summed E-state index contributed by atoms with van der Waals surface area (Å²) >= 11 is 0. The van der Waals surface area contributed by atoms with Crippen molar-refractivity contribution < 1.29 is 13.9 Å². The number of esters is 1. The van der Waals surface area contributed by atoms with E-state index in [-0.39, 0.29) is 0 Å². The minimum Gasteiger partial charge on any atom is -0.465 e. The van der Waals surface area contributed by atoms with Crippen LogP contribution in [-0.4, -0.2) is 22.6 Å². The molecule has 2 rings (SSSR count). The van der Waals surface area contributed by atoms with E-state index in [4.69, 9.17) is 0 Å². The fourth-order valence-corrected chi connectivity index (χ4v) is 1.92. The maximum Gasteiger partial charge on any atom is 0.339 e. The Morgan fingerprint density at radius 2 is 2.30 bits per heavy atom. The summed E-state index contributed by atoms with van der Waals surface area (Å²) in [6.07, 6.45) is 3.46. The van der Waals surface area contributed by atoms with Crippen LogP contribution in [0.1, 0.15) is 23.0 Å². The van der Waals surface area contributed by atoms with Crippen molar-refractivity contribution in [2.45, 2.75) is 20.0 Å². The van der Waals surface area contributed by atoms with E-state index in [1.807, 2.05) is 11.5 Å². The van der Waals surface area contributed by atoms with Crippen molar-refractivity contribution in [2.75, 3.05) is 12.4 Å². The number of hydrogen-bond acceptors (Lipinski definition) is 4. The van der Waals surface area contributed by atoms with Gasteiger partial charge in [-0.2, -0.15) is 0 Å². The Hall–Kier alpha value is -2.37. The van der Waals surface area contributed by atoms with E-state index in [0.717, 1.165) is 12.2 Å². The van der Waals surface area contributed by atoms with Crippen LogP contribution in [0.4, 0.5) is 10.1 Å². The third-order valence-corrected chi connectivity index (χ3v) is 2.99. The molecule has 106 valence electrons. The van der Waals surface area contributed by atoms with Crippen LogP contribution in [0.3, 0.4) is 0 Å². The average molecular weight is 277 g/mol. The topological polar surface area (TPSA) is 56.2 Å². The van der Waals surface area contributed by atoms with Gasteiger partial charge in [-0.05, 0) is 25.1 Å². The van der Waals surface area contributed by atoms with Gasteiger partial charge in [0.2, 0.25) is 0 Å². The predicted molar refractivity (Wildman–Crippen MR) is 73.0 cm³/mol. The monoisotopic (exact) mass is 277 g/mol. The third kappa shape index (κ3) is 2.96. The zero-order valence-electron chi connectivity index (χ0n) is 11.4. The normalized spacial score (nSPS) is 10.3. The maximum absolute atomic E-state index is 13.3. The largest absolute Gasteiger partial charge is 0.465 e. The number of ether oxygens (including phenoxy) is 1. The van der Waals surface area contributed by atoms with E-state index in [1.165, 1.54) is 25.3 Å². The summed E-state index contributed by atoms with van der Waals surface area (Å²) in [5.41, 5.74) is 1.66. The minimum absolute atomic E-state index is 0.302. The summed E-state index contributed by atoms with van der Waals surface area (Å²) in [5, 5.41) is 3.04. The first kappa shape index (κ1) is 14.0. The summed E-state index contributed by atoms with van der Waals surface area (Å²) in [5.74, 6) is -0.916. The van der Waals surface area contributed by atoms with Crippen LogP contribution in [0.25, 0.3) is 0 Å². The van der Waals surface area contributed by atoms with Gasteiger partial charge in [0, 0.05) is 12.7 Å². The Morgan fingerprint density at radius 3 is 3.00 bits per heavy atom. The Labute approximate surface area is 116 Å². The molecule has 6 heteroatoms. The van der Waals surface area contributed by atoms with Gasteiger partial charge in [-0.15, -0.1) is 0 Å². The molecule has 0 aliphatic rings. The summed E-state index contributed by atoms with van der Waals surface area (Å²) in [6.45, 7) is 3.25. The van der Waals surface area contributed by atoms with E-state index in [2.05, 4.69) is 15.0 Å². The Morgan fingerprint density at radius 1 is 1.50 bits per heavy atom. The minimum atomic E-state index is -0.503. The number of rotatable bonds is 5. The molecular weight excluding hydrogens is 261 g/mol. The number of nitrogens with zero attached hydrogens (tertiary/aromatic N) is 2. The second-order valence-electron chi connectivity index (χ2n) is 4.21. The number of carbonyl (C=O) groups is 1. The van der Waals surface area contributed by atoms with Gasteiger partial charge in [-0.1, -0.05) is 0 Å². The van der Waals surface area contributed by atoms with Crippen molar-refractivity contribution in [3.63, 3.8) is 0 Å². The van der Waals surface area contributed by atoms with Crippen LogP contribution in [0.5, 0.6) is 0 Å². The molecule has 1 aromatic heterocycles. The zero-order valence-corrected chi connectivity index (χ0v) is 11.4. The van der Waals surface area contributed by atoms with Crippen molar-refractivity contribution in [3.05, 3.63) is 47.8 Å². The van der Waals surface area contributed by atoms with E-state index < -0.39 is 11.8 Å². The first-order valence-corrected chi connectivity index (χ1v) is 6.26. The van der Waals surface area contributed by atoms with Crippen molar-refractivity contribution in [2.24, 2.45) is 0 Å². The van der Waals surface area contributed by atoms with Crippen molar-refractivity contribution in [1.82, 2.24) is 9.55 Å². The highest BCUT2D eigenvalue weighted by molar-refractivity contribution is 5.95. The molecule has 0 saturated carbocycles. The van der Waals surface area contributed by atoms with Crippen LogP contribution in [0, 0.1) is 5.82 Å². The molecule has 2 aromatic rings. The SMILES string of the molecule is CCn1cncc1CNc1cc(F)ccc1C(=O)OC. The quantitative estimate of drug-likeness (QED) is 0.853.